The monoisotopic (exact) mass is 307 g/mol. The van der Waals surface area contributed by atoms with Crippen LogP contribution in [-0.4, -0.2) is 29.5 Å². The van der Waals surface area contributed by atoms with Crippen molar-refractivity contribution < 1.29 is 14.3 Å². The molecular formula is C14H14ClN3O3. The van der Waals surface area contributed by atoms with E-state index in [9.17, 15) is 9.59 Å². The highest BCUT2D eigenvalue weighted by Gasteiger charge is 2.24. The number of rotatable bonds is 4. The Labute approximate surface area is 126 Å². The van der Waals surface area contributed by atoms with Crippen LogP contribution < -0.4 is 11.1 Å². The lowest BCUT2D eigenvalue weighted by Crippen LogP contribution is -2.43. The minimum atomic E-state index is -1.38. The van der Waals surface area contributed by atoms with Gasteiger partial charge in [0.15, 0.2) is 6.04 Å². The van der Waals surface area contributed by atoms with E-state index in [1.807, 2.05) is 0 Å². The molecule has 0 spiro atoms. The molecule has 110 valence electrons. The number of carbonyl (C=O) groups is 2. The van der Waals surface area contributed by atoms with Crippen LogP contribution in [0.4, 0.5) is 5.69 Å². The van der Waals surface area contributed by atoms with Gasteiger partial charge in [0.1, 0.15) is 0 Å². The van der Waals surface area contributed by atoms with E-state index >= 15 is 0 Å². The highest BCUT2D eigenvalue weighted by Crippen LogP contribution is 2.27. The lowest BCUT2D eigenvalue weighted by Gasteiger charge is -2.13. The van der Waals surface area contributed by atoms with E-state index < -0.39 is 17.9 Å². The largest absolute Gasteiger partial charge is 0.464 e. The van der Waals surface area contributed by atoms with Gasteiger partial charge in [-0.25, -0.2) is 4.79 Å². The highest BCUT2D eigenvalue weighted by molar-refractivity contribution is 6.35. The van der Waals surface area contributed by atoms with Crippen LogP contribution in [0.5, 0.6) is 0 Å². The van der Waals surface area contributed by atoms with Gasteiger partial charge in [-0.05, 0) is 31.2 Å². The van der Waals surface area contributed by atoms with Gasteiger partial charge in [0.05, 0.1) is 22.8 Å². The number of halogens is 1. The SMILES string of the molecule is CCOC(=O)C(N)C(=O)Nc1ccc(Cl)c2ncccc12. The highest BCUT2D eigenvalue weighted by atomic mass is 35.5. The molecule has 1 amide bonds. The molecule has 1 unspecified atom stereocenters. The molecule has 0 aliphatic carbocycles. The van der Waals surface area contributed by atoms with Crippen molar-refractivity contribution in [1.82, 2.24) is 4.98 Å². The molecule has 0 aliphatic heterocycles. The third-order valence-corrected chi connectivity index (χ3v) is 3.11. The molecule has 3 N–H and O–H groups in total. The van der Waals surface area contributed by atoms with E-state index in [-0.39, 0.29) is 6.61 Å². The number of amides is 1. The predicted molar refractivity (Wildman–Crippen MR) is 80.0 cm³/mol. The summed E-state index contributed by atoms with van der Waals surface area (Å²) in [4.78, 5) is 27.6. The summed E-state index contributed by atoms with van der Waals surface area (Å²) in [7, 11) is 0. The second-order valence-electron chi connectivity index (χ2n) is 4.21. The lowest BCUT2D eigenvalue weighted by atomic mass is 10.1. The number of esters is 1. The van der Waals surface area contributed by atoms with Crippen molar-refractivity contribution in [1.29, 1.82) is 0 Å². The van der Waals surface area contributed by atoms with E-state index in [0.29, 0.717) is 21.6 Å². The van der Waals surface area contributed by atoms with Crippen LogP contribution in [0.15, 0.2) is 30.5 Å². The van der Waals surface area contributed by atoms with Crippen LogP contribution in [0.25, 0.3) is 10.9 Å². The number of ether oxygens (including phenoxy) is 1. The molecular weight excluding hydrogens is 294 g/mol. The molecule has 0 saturated carbocycles. The van der Waals surface area contributed by atoms with Crippen LogP contribution in [0.1, 0.15) is 6.92 Å². The third kappa shape index (κ3) is 3.29. The fourth-order valence-electron chi connectivity index (χ4n) is 1.80. The maximum absolute atomic E-state index is 12.0. The number of benzene rings is 1. The van der Waals surface area contributed by atoms with Crippen molar-refractivity contribution in [2.24, 2.45) is 5.73 Å². The number of aromatic nitrogens is 1. The molecule has 7 heteroatoms. The minimum Gasteiger partial charge on any atom is -0.464 e. The number of nitrogens with zero attached hydrogens (tertiary/aromatic N) is 1. The van der Waals surface area contributed by atoms with Crippen molar-refractivity contribution in [2.75, 3.05) is 11.9 Å². The first-order chi connectivity index (χ1) is 10.0. The number of carbonyl (C=O) groups excluding carboxylic acids is 2. The van der Waals surface area contributed by atoms with Crippen LogP contribution in [0.3, 0.4) is 0 Å². The minimum absolute atomic E-state index is 0.160. The molecule has 0 bridgehead atoms. The van der Waals surface area contributed by atoms with Crippen LogP contribution in [0, 0.1) is 0 Å². The normalized spacial score (nSPS) is 12.0. The summed E-state index contributed by atoms with van der Waals surface area (Å²) < 4.78 is 4.71. The maximum atomic E-state index is 12.0. The molecule has 2 rings (SSSR count). The van der Waals surface area contributed by atoms with Crippen molar-refractivity contribution in [3.8, 4) is 0 Å². The Morgan fingerprint density at radius 2 is 2.19 bits per heavy atom. The molecule has 1 heterocycles. The number of fused-ring (bicyclic) bond motifs is 1. The number of nitrogens with two attached hydrogens (primary N) is 1. The fraction of sp³-hybridized carbons (Fsp3) is 0.214. The molecule has 1 atom stereocenters. The van der Waals surface area contributed by atoms with Crippen molar-refractivity contribution in [3.05, 3.63) is 35.5 Å². The van der Waals surface area contributed by atoms with Crippen molar-refractivity contribution in [2.45, 2.75) is 13.0 Å². The van der Waals surface area contributed by atoms with Crippen LogP contribution in [-0.2, 0) is 14.3 Å². The number of anilines is 1. The lowest BCUT2D eigenvalue weighted by molar-refractivity contribution is -0.146. The Kier molecular flexibility index (Phi) is 4.72. The summed E-state index contributed by atoms with van der Waals surface area (Å²) >= 11 is 6.05. The Bertz CT molecular complexity index is 690. The molecule has 0 aliphatic rings. The quantitative estimate of drug-likeness (QED) is 0.662. The van der Waals surface area contributed by atoms with Gasteiger partial charge < -0.3 is 15.8 Å². The summed E-state index contributed by atoms with van der Waals surface area (Å²) in [6.45, 7) is 1.80. The Morgan fingerprint density at radius 3 is 2.90 bits per heavy atom. The van der Waals surface area contributed by atoms with Gasteiger partial charge in [-0.3, -0.25) is 9.78 Å². The zero-order valence-corrected chi connectivity index (χ0v) is 12.1. The van der Waals surface area contributed by atoms with E-state index in [2.05, 4.69) is 10.3 Å². The average Bonchev–Trinajstić information content (AvgIpc) is 2.49. The third-order valence-electron chi connectivity index (χ3n) is 2.80. The number of nitrogens with one attached hydrogen (secondary N) is 1. The predicted octanol–water partition coefficient (Wildman–Crippen LogP) is 1.72. The maximum Gasteiger partial charge on any atom is 0.332 e. The molecule has 1 aromatic heterocycles. The van der Waals surface area contributed by atoms with Crippen LogP contribution in [0.2, 0.25) is 5.02 Å². The fourth-order valence-corrected chi connectivity index (χ4v) is 2.01. The van der Waals surface area contributed by atoms with Gasteiger partial charge >= 0.3 is 5.97 Å². The van der Waals surface area contributed by atoms with Crippen molar-refractivity contribution >= 4 is 40.1 Å². The molecule has 0 fully saturated rings. The zero-order valence-electron chi connectivity index (χ0n) is 11.3. The summed E-state index contributed by atoms with van der Waals surface area (Å²) in [5, 5.41) is 3.72. The van der Waals surface area contributed by atoms with E-state index in [1.165, 1.54) is 0 Å². The van der Waals surface area contributed by atoms with E-state index in [4.69, 9.17) is 22.1 Å². The number of hydrogen-bond donors (Lipinski definition) is 2. The van der Waals surface area contributed by atoms with Crippen LogP contribution >= 0.6 is 11.6 Å². The molecule has 0 saturated heterocycles. The standard InChI is InChI=1S/C14H14ClN3O3/c1-2-21-14(20)11(16)13(19)18-10-6-5-9(15)12-8(10)4-3-7-17-12/h3-7,11H,2,16H2,1H3,(H,18,19). The first kappa shape index (κ1) is 15.2. The second kappa shape index (κ2) is 6.51. The summed E-state index contributed by atoms with van der Waals surface area (Å²) in [5.41, 5.74) is 6.58. The number of hydrogen-bond acceptors (Lipinski definition) is 5. The Balaban J connectivity index is 2.26. The summed E-state index contributed by atoms with van der Waals surface area (Å²) in [6, 6.07) is 5.34. The first-order valence-corrected chi connectivity index (χ1v) is 6.68. The Morgan fingerprint density at radius 1 is 1.43 bits per heavy atom. The average molecular weight is 308 g/mol. The van der Waals surface area contributed by atoms with Gasteiger partial charge in [-0.1, -0.05) is 11.6 Å². The van der Waals surface area contributed by atoms with Crippen molar-refractivity contribution in [3.63, 3.8) is 0 Å². The van der Waals surface area contributed by atoms with Gasteiger partial charge in [0, 0.05) is 11.6 Å². The summed E-state index contributed by atoms with van der Waals surface area (Å²) in [5.74, 6) is -1.42. The molecule has 0 radical (unpaired) electrons. The van der Waals surface area contributed by atoms with Gasteiger partial charge in [-0.15, -0.1) is 0 Å². The van der Waals surface area contributed by atoms with Gasteiger partial charge in [0.2, 0.25) is 0 Å². The second-order valence-corrected chi connectivity index (χ2v) is 4.62. The molecule has 2 aromatic rings. The van der Waals surface area contributed by atoms with Gasteiger partial charge in [-0.2, -0.15) is 0 Å². The first-order valence-electron chi connectivity index (χ1n) is 6.31. The summed E-state index contributed by atoms with van der Waals surface area (Å²) in [6.07, 6.45) is 1.60. The number of pyridine rings is 1. The Hall–Kier alpha value is -2.18. The van der Waals surface area contributed by atoms with E-state index in [0.717, 1.165) is 0 Å². The zero-order chi connectivity index (χ0) is 15.4. The smallest absolute Gasteiger partial charge is 0.332 e. The van der Waals surface area contributed by atoms with Gasteiger partial charge in [0.25, 0.3) is 5.91 Å². The topological polar surface area (TPSA) is 94.3 Å². The molecule has 21 heavy (non-hydrogen) atoms. The molecule has 6 nitrogen and oxygen atoms in total. The molecule has 1 aromatic carbocycles. The van der Waals surface area contributed by atoms with E-state index in [1.54, 1.807) is 37.4 Å².